The van der Waals surface area contributed by atoms with Crippen molar-refractivity contribution in [3.8, 4) is 6.07 Å². The first-order valence-corrected chi connectivity index (χ1v) is 7.19. The third-order valence-corrected chi connectivity index (χ3v) is 3.48. The summed E-state index contributed by atoms with van der Waals surface area (Å²) in [5.41, 5.74) is 1.22. The first-order chi connectivity index (χ1) is 9.78. The van der Waals surface area contributed by atoms with Gasteiger partial charge in [0.1, 0.15) is 0 Å². The van der Waals surface area contributed by atoms with E-state index in [0.717, 1.165) is 19.3 Å². The maximum atomic E-state index is 11.8. The normalized spacial score (nSPS) is 14.9. The SMILES string of the molecule is N#Cc1cccc(NC(=O)CCCOC2CCCC2)c1. The summed E-state index contributed by atoms with van der Waals surface area (Å²) in [7, 11) is 0. The molecule has 1 fully saturated rings. The standard InChI is InChI=1S/C16H20N2O2/c17-12-13-5-3-6-14(11-13)18-16(19)9-4-10-20-15-7-1-2-8-15/h3,5-6,11,15H,1-2,4,7-10H2,(H,18,19). The van der Waals surface area contributed by atoms with E-state index in [9.17, 15) is 4.79 Å². The van der Waals surface area contributed by atoms with E-state index in [1.807, 2.05) is 0 Å². The Kier molecular flexibility index (Phi) is 5.57. The molecule has 1 aromatic rings. The lowest BCUT2D eigenvalue weighted by Gasteiger charge is -2.10. The minimum atomic E-state index is -0.0323. The Hall–Kier alpha value is -1.86. The van der Waals surface area contributed by atoms with Crippen molar-refractivity contribution in [3.05, 3.63) is 29.8 Å². The van der Waals surface area contributed by atoms with Crippen molar-refractivity contribution in [2.75, 3.05) is 11.9 Å². The molecule has 0 bridgehead atoms. The number of carbonyl (C=O) groups excluding carboxylic acids is 1. The van der Waals surface area contributed by atoms with Crippen LogP contribution in [-0.2, 0) is 9.53 Å². The summed E-state index contributed by atoms with van der Waals surface area (Å²) in [4.78, 5) is 11.8. The van der Waals surface area contributed by atoms with Crippen LogP contribution >= 0.6 is 0 Å². The summed E-state index contributed by atoms with van der Waals surface area (Å²) in [6, 6.07) is 8.99. The number of anilines is 1. The molecule has 1 amide bonds. The van der Waals surface area contributed by atoms with Gasteiger partial charge in [-0.2, -0.15) is 5.26 Å². The molecule has 2 rings (SSSR count). The van der Waals surface area contributed by atoms with Crippen LogP contribution in [0.1, 0.15) is 44.1 Å². The van der Waals surface area contributed by atoms with Crippen molar-refractivity contribution in [3.63, 3.8) is 0 Å². The highest BCUT2D eigenvalue weighted by atomic mass is 16.5. The van der Waals surface area contributed by atoms with Gasteiger partial charge in [-0.3, -0.25) is 4.79 Å². The molecule has 0 atom stereocenters. The number of nitriles is 1. The lowest BCUT2D eigenvalue weighted by Crippen LogP contribution is -2.14. The number of amides is 1. The molecule has 0 radical (unpaired) electrons. The van der Waals surface area contributed by atoms with Gasteiger partial charge in [-0.05, 0) is 37.5 Å². The Labute approximate surface area is 119 Å². The van der Waals surface area contributed by atoms with Crippen molar-refractivity contribution in [1.82, 2.24) is 0 Å². The van der Waals surface area contributed by atoms with Crippen molar-refractivity contribution in [2.45, 2.75) is 44.6 Å². The summed E-state index contributed by atoms with van der Waals surface area (Å²) < 4.78 is 5.72. The molecule has 4 nitrogen and oxygen atoms in total. The number of benzene rings is 1. The van der Waals surface area contributed by atoms with Crippen LogP contribution in [0.2, 0.25) is 0 Å². The molecule has 0 aromatic heterocycles. The van der Waals surface area contributed by atoms with Crippen LogP contribution < -0.4 is 5.32 Å². The number of ether oxygens (including phenoxy) is 1. The van der Waals surface area contributed by atoms with E-state index >= 15 is 0 Å². The third-order valence-electron chi connectivity index (χ3n) is 3.48. The molecule has 20 heavy (non-hydrogen) atoms. The van der Waals surface area contributed by atoms with Crippen LogP contribution in [-0.4, -0.2) is 18.6 Å². The van der Waals surface area contributed by atoms with Crippen molar-refractivity contribution >= 4 is 11.6 Å². The van der Waals surface area contributed by atoms with Crippen LogP contribution in [0.3, 0.4) is 0 Å². The second kappa shape index (κ2) is 7.66. The summed E-state index contributed by atoms with van der Waals surface area (Å²) in [6.07, 6.45) is 6.44. The van der Waals surface area contributed by atoms with E-state index in [0.29, 0.717) is 30.4 Å². The van der Waals surface area contributed by atoms with Crippen molar-refractivity contribution in [1.29, 1.82) is 5.26 Å². The molecule has 106 valence electrons. The summed E-state index contributed by atoms with van der Waals surface area (Å²) in [6.45, 7) is 0.649. The zero-order chi connectivity index (χ0) is 14.2. The highest BCUT2D eigenvalue weighted by Gasteiger charge is 2.14. The Morgan fingerprint density at radius 1 is 1.40 bits per heavy atom. The summed E-state index contributed by atoms with van der Waals surface area (Å²) in [5.74, 6) is -0.0323. The molecule has 0 spiro atoms. The van der Waals surface area contributed by atoms with Crippen molar-refractivity contribution in [2.24, 2.45) is 0 Å². The van der Waals surface area contributed by atoms with Gasteiger partial charge in [-0.15, -0.1) is 0 Å². The van der Waals surface area contributed by atoms with Crippen LogP contribution in [0.5, 0.6) is 0 Å². The van der Waals surface area contributed by atoms with E-state index in [4.69, 9.17) is 10.00 Å². The molecule has 1 aliphatic rings. The largest absolute Gasteiger partial charge is 0.378 e. The monoisotopic (exact) mass is 272 g/mol. The zero-order valence-corrected chi connectivity index (χ0v) is 11.6. The van der Waals surface area contributed by atoms with Crippen molar-refractivity contribution < 1.29 is 9.53 Å². The molecular weight excluding hydrogens is 252 g/mol. The summed E-state index contributed by atoms with van der Waals surface area (Å²) in [5, 5.41) is 11.6. The number of hydrogen-bond donors (Lipinski definition) is 1. The second-order valence-corrected chi connectivity index (χ2v) is 5.12. The Morgan fingerprint density at radius 2 is 2.20 bits per heavy atom. The quantitative estimate of drug-likeness (QED) is 0.809. The predicted octanol–water partition coefficient (Wildman–Crippen LogP) is 3.24. The van der Waals surface area contributed by atoms with E-state index in [1.165, 1.54) is 12.8 Å². The average Bonchev–Trinajstić information content (AvgIpc) is 2.97. The van der Waals surface area contributed by atoms with Gasteiger partial charge in [0.2, 0.25) is 5.91 Å². The molecule has 0 saturated heterocycles. The van der Waals surface area contributed by atoms with E-state index in [2.05, 4.69) is 11.4 Å². The van der Waals surface area contributed by atoms with Crippen LogP contribution in [0.15, 0.2) is 24.3 Å². The second-order valence-electron chi connectivity index (χ2n) is 5.12. The fraction of sp³-hybridized carbons (Fsp3) is 0.500. The van der Waals surface area contributed by atoms with Crippen LogP contribution in [0, 0.1) is 11.3 Å². The lowest BCUT2D eigenvalue weighted by molar-refractivity contribution is -0.116. The average molecular weight is 272 g/mol. The molecule has 0 aliphatic heterocycles. The van der Waals surface area contributed by atoms with Gasteiger partial charge in [-0.25, -0.2) is 0 Å². The van der Waals surface area contributed by atoms with Gasteiger partial charge in [0.25, 0.3) is 0 Å². The van der Waals surface area contributed by atoms with E-state index in [-0.39, 0.29) is 5.91 Å². The van der Waals surface area contributed by atoms with Crippen LogP contribution in [0.25, 0.3) is 0 Å². The Morgan fingerprint density at radius 3 is 2.95 bits per heavy atom. The van der Waals surface area contributed by atoms with Gasteiger partial charge in [0.15, 0.2) is 0 Å². The fourth-order valence-electron chi connectivity index (χ4n) is 2.43. The minimum absolute atomic E-state index is 0.0323. The number of carbonyl (C=O) groups is 1. The molecule has 1 saturated carbocycles. The molecule has 1 N–H and O–H groups in total. The van der Waals surface area contributed by atoms with Gasteiger partial charge in [0.05, 0.1) is 17.7 Å². The van der Waals surface area contributed by atoms with Gasteiger partial charge in [-0.1, -0.05) is 18.9 Å². The molecule has 0 unspecified atom stereocenters. The maximum Gasteiger partial charge on any atom is 0.224 e. The molecular formula is C16H20N2O2. The van der Waals surface area contributed by atoms with Gasteiger partial charge >= 0.3 is 0 Å². The highest BCUT2D eigenvalue weighted by molar-refractivity contribution is 5.90. The lowest BCUT2D eigenvalue weighted by atomic mass is 10.2. The maximum absolute atomic E-state index is 11.8. The van der Waals surface area contributed by atoms with Gasteiger partial charge < -0.3 is 10.1 Å². The van der Waals surface area contributed by atoms with Gasteiger partial charge in [0, 0.05) is 18.7 Å². The number of nitrogens with zero attached hydrogens (tertiary/aromatic N) is 1. The topological polar surface area (TPSA) is 62.1 Å². The molecule has 1 aromatic carbocycles. The zero-order valence-electron chi connectivity index (χ0n) is 11.6. The molecule has 0 heterocycles. The van der Waals surface area contributed by atoms with E-state index in [1.54, 1.807) is 24.3 Å². The molecule has 4 heteroatoms. The number of rotatable bonds is 6. The molecule has 1 aliphatic carbocycles. The third kappa shape index (κ3) is 4.67. The first-order valence-electron chi connectivity index (χ1n) is 7.19. The highest BCUT2D eigenvalue weighted by Crippen LogP contribution is 2.21. The first kappa shape index (κ1) is 14.5. The number of hydrogen-bond acceptors (Lipinski definition) is 3. The number of nitrogens with one attached hydrogen (secondary N) is 1. The van der Waals surface area contributed by atoms with E-state index < -0.39 is 0 Å². The fourth-order valence-corrected chi connectivity index (χ4v) is 2.43. The smallest absolute Gasteiger partial charge is 0.224 e. The van der Waals surface area contributed by atoms with Crippen LogP contribution in [0.4, 0.5) is 5.69 Å². The predicted molar refractivity (Wildman–Crippen MR) is 77.2 cm³/mol. The summed E-state index contributed by atoms with van der Waals surface area (Å²) >= 11 is 0. The Balaban J connectivity index is 1.65. The Bertz CT molecular complexity index is 487. The minimum Gasteiger partial charge on any atom is -0.378 e.